The van der Waals surface area contributed by atoms with Crippen molar-refractivity contribution in [3.8, 4) is 33.8 Å². The summed E-state index contributed by atoms with van der Waals surface area (Å²) >= 11 is 0. The maximum Gasteiger partial charge on any atom is 0.407 e. The number of ether oxygens (including phenoxy) is 5. The van der Waals surface area contributed by atoms with E-state index in [0.717, 1.165) is 30.4 Å². The molecule has 1 heterocycles. The maximum absolute atomic E-state index is 15.4. The van der Waals surface area contributed by atoms with Crippen molar-refractivity contribution in [2.24, 2.45) is 17.8 Å². The van der Waals surface area contributed by atoms with Crippen LogP contribution in [0, 0.1) is 17.8 Å². The molecule has 4 N–H and O–H groups in total. The number of aliphatic hydroxyl groups is 1. The number of benzene rings is 4. The number of carbonyl (C=O) groups excluding carboxylic acids is 8. The van der Waals surface area contributed by atoms with Crippen molar-refractivity contribution in [1.29, 1.82) is 0 Å². The van der Waals surface area contributed by atoms with Crippen LogP contribution in [0.4, 0.5) is 9.59 Å². The van der Waals surface area contributed by atoms with Gasteiger partial charge in [-0.05, 0) is 139 Å². The van der Waals surface area contributed by atoms with E-state index in [-0.39, 0.29) is 57.8 Å². The van der Waals surface area contributed by atoms with Gasteiger partial charge in [-0.1, -0.05) is 87.9 Å². The third kappa shape index (κ3) is 20.6. The standard InChI is InChI=1S/C66H88N4O14/c1-12-15-17-43-19-22-45(23-20-43)46-24-26-47(27-25-46)54(72)39-49(18-16-31-67-63(78)83-65(5,6)7)61(76)70(11)59-48-28-30-58(81-33-13-2)52(38-48)51-36-44(21-29-57(51)82-34-32-68-64(79)84-66(8,9)10)37-53(69-60(75)42(4)35-56(59)74)55(73)40-50(41-71)62(77)80-14-3/h19-30,36,38,42,49-50,53,59,71H,12-18,31-35,37,39-41H2,1-11H3,(H,67,78)(H,68,79)(H,69,75)/t42-,49-,50+,53+,59+/m1/s1. The molecule has 4 amide bonds. The van der Waals surface area contributed by atoms with E-state index in [9.17, 15) is 33.9 Å². The SMILES string of the molecule is CCCCc1ccc(-c2ccc(C(=O)C[C@@H](CCCNC(=O)OC(C)(C)C)C(=O)N(C)[C@@H]3C(=O)C[C@@H](C)C(=O)N[C@H](C(=O)C[C@@H](CO)C(=O)OCC)Cc4ccc(OCCNC(=O)OC(C)(C)C)c(c4)-c4cc3ccc4OCCC)cc2)cc1. The van der Waals surface area contributed by atoms with Crippen LogP contribution in [0.15, 0.2) is 84.9 Å². The number of esters is 1. The number of amides is 4. The lowest BCUT2D eigenvalue weighted by Crippen LogP contribution is -2.46. The number of carbonyl (C=O) groups is 8. The Labute approximate surface area is 495 Å². The van der Waals surface area contributed by atoms with E-state index >= 15 is 9.59 Å². The lowest BCUT2D eigenvalue weighted by molar-refractivity contribution is -0.151. The topological polar surface area (TPSA) is 242 Å². The van der Waals surface area contributed by atoms with Crippen molar-refractivity contribution in [2.75, 3.05) is 46.6 Å². The number of ketones is 3. The van der Waals surface area contributed by atoms with Gasteiger partial charge in [-0.25, -0.2) is 9.59 Å². The highest BCUT2D eigenvalue weighted by molar-refractivity contribution is 6.00. The number of hydrogen-bond acceptors (Lipinski definition) is 14. The minimum absolute atomic E-state index is 0.0203. The van der Waals surface area contributed by atoms with Crippen molar-refractivity contribution in [2.45, 2.75) is 157 Å². The maximum atomic E-state index is 15.4. The first-order valence-corrected chi connectivity index (χ1v) is 29.4. The van der Waals surface area contributed by atoms with Crippen LogP contribution in [0.3, 0.4) is 0 Å². The largest absolute Gasteiger partial charge is 0.493 e. The highest BCUT2D eigenvalue weighted by Gasteiger charge is 2.37. The molecular formula is C66H88N4O14. The molecule has 0 saturated carbocycles. The summed E-state index contributed by atoms with van der Waals surface area (Å²) in [7, 11) is 1.49. The van der Waals surface area contributed by atoms with E-state index in [1.807, 2.05) is 19.1 Å². The molecule has 18 heteroatoms. The van der Waals surface area contributed by atoms with Crippen molar-refractivity contribution in [3.05, 3.63) is 107 Å². The number of fused-ring (bicyclic) bond motifs is 5. The fourth-order valence-electron chi connectivity index (χ4n) is 9.75. The molecule has 1 aliphatic heterocycles. The first-order chi connectivity index (χ1) is 39.8. The Balaban J connectivity index is 1.60. The van der Waals surface area contributed by atoms with Gasteiger partial charge in [0, 0.05) is 61.4 Å². The zero-order valence-electron chi connectivity index (χ0n) is 51.0. The summed E-state index contributed by atoms with van der Waals surface area (Å²) in [6.07, 6.45) is 1.75. The quantitative estimate of drug-likeness (QED) is 0.0198. The lowest BCUT2D eigenvalue weighted by atomic mass is 9.87. The van der Waals surface area contributed by atoms with Gasteiger partial charge in [0.25, 0.3) is 0 Å². The van der Waals surface area contributed by atoms with Gasteiger partial charge in [0.15, 0.2) is 17.3 Å². The van der Waals surface area contributed by atoms with Crippen molar-refractivity contribution < 1.29 is 67.1 Å². The molecule has 4 aromatic carbocycles. The average Bonchev–Trinajstić information content (AvgIpc) is 3.51. The number of likely N-dealkylation sites (N-methyl/N-ethyl adjacent to an activating group) is 1. The summed E-state index contributed by atoms with van der Waals surface area (Å²) in [6, 6.07) is 23.3. The van der Waals surface area contributed by atoms with E-state index in [0.29, 0.717) is 52.3 Å². The molecule has 456 valence electrons. The van der Waals surface area contributed by atoms with Gasteiger partial charge in [0.1, 0.15) is 35.3 Å². The summed E-state index contributed by atoms with van der Waals surface area (Å²) < 4.78 is 28.7. The van der Waals surface area contributed by atoms with Crippen molar-refractivity contribution in [3.63, 3.8) is 0 Å². The second-order valence-corrected chi connectivity index (χ2v) is 23.5. The van der Waals surface area contributed by atoms with Crippen LogP contribution in [0.2, 0.25) is 0 Å². The monoisotopic (exact) mass is 1160 g/mol. The van der Waals surface area contributed by atoms with Gasteiger partial charge < -0.3 is 49.6 Å². The van der Waals surface area contributed by atoms with E-state index in [4.69, 9.17) is 23.7 Å². The first kappa shape index (κ1) is 67.2. The lowest BCUT2D eigenvalue weighted by Gasteiger charge is -2.32. The Hall–Kier alpha value is -7.60. The van der Waals surface area contributed by atoms with E-state index in [1.54, 1.807) is 97.0 Å². The number of hydrogen-bond donors (Lipinski definition) is 4. The second-order valence-electron chi connectivity index (χ2n) is 23.5. The van der Waals surface area contributed by atoms with Gasteiger partial charge in [-0.2, -0.15) is 0 Å². The van der Waals surface area contributed by atoms with Gasteiger partial charge in [0.05, 0.1) is 38.3 Å². The summed E-state index contributed by atoms with van der Waals surface area (Å²) in [5.41, 5.74) is 3.85. The number of alkyl carbamates (subject to hydrolysis) is 2. The van der Waals surface area contributed by atoms with E-state index < -0.39 is 102 Å². The van der Waals surface area contributed by atoms with Crippen LogP contribution < -0.4 is 25.4 Å². The van der Waals surface area contributed by atoms with E-state index in [1.165, 1.54) is 24.4 Å². The van der Waals surface area contributed by atoms with Crippen LogP contribution >= 0.6 is 0 Å². The Morgan fingerprint density at radius 1 is 0.702 bits per heavy atom. The molecule has 5 rings (SSSR count). The van der Waals surface area contributed by atoms with E-state index in [2.05, 4.69) is 47.1 Å². The fraction of sp³-hybridized carbons (Fsp3) is 0.515. The summed E-state index contributed by atoms with van der Waals surface area (Å²) in [4.78, 5) is 113. The molecule has 1 aliphatic rings. The van der Waals surface area contributed by atoms with Crippen LogP contribution in [0.1, 0.15) is 154 Å². The summed E-state index contributed by atoms with van der Waals surface area (Å²) in [5, 5.41) is 18.5. The first-order valence-electron chi connectivity index (χ1n) is 29.4. The Bertz CT molecular complexity index is 2890. The molecule has 84 heavy (non-hydrogen) atoms. The van der Waals surface area contributed by atoms with Crippen LogP contribution in [-0.2, 0) is 51.0 Å². The molecular weight excluding hydrogens is 1070 g/mol. The zero-order chi connectivity index (χ0) is 61.7. The fourth-order valence-corrected chi connectivity index (χ4v) is 9.75. The van der Waals surface area contributed by atoms with Gasteiger partial charge >= 0.3 is 18.2 Å². The molecule has 18 nitrogen and oxygen atoms in total. The second kappa shape index (κ2) is 31.9. The highest BCUT2D eigenvalue weighted by atomic mass is 16.6. The smallest absolute Gasteiger partial charge is 0.407 e. The molecule has 0 fully saturated rings. The van der Waals surface area contributed by atoms with Crippen molar-refractivity contribution in [1.82, 2.24) is 20.9 Å². The molecule has 4 bridgehead atoms. The number of aliphatic hydroxyl groups excluding tert-OH is 1. The highest BCUT2D eigenvalue weighted by Crippen LogP contribution is 2.41. The third-order valence-corrected chi connectivity index (χ3v) is 14.1. The Kier molecular flexibility index (Phi) is 25.5. The van der Waals surface area contributed by atoms with Crippen LogP contribution in [-0.4, -0.2) is 121 Å². The van der Waals surface area contributed by atoms with Gasteiger partial charge in [-0.15, -0.1) is 0 Å². The third-order valence-electron chi connectivity index (χ3n) is 14.1. The number of aryl methyl sites for hydroxylation is 1. The van der Waals surface area contributed by atoms with Gasteiger partial charge in [-0.3, -0.25) is 28.8 Å². The van der Waals surface area contributed by atoms with Crippen molar-refractivity contribution >= 4 is 47.3 Å². The molecule has 4 aromatic rings. The van der Waals surface area contributed by atoms with Crippen LogP contribution in [0.5, 0.6) is 11.5 Å². The minimum Gasteiger partial charge on any atom is -0.493 e. The predicted octanol–water partition coefficient (Wildman–Crippen LogP) is 10.5. The Morgan fingerprint density at radius 2 is 1.30 bits per heavy atom. The Morgan fingerprint density at radius 3 is 1.89 bits per heavy atom. The number of nitrogens with zero attached hydrogens (tertiary/aromatic N) is 1. The number of rotatable bonds is 26. The van der Waals surface area contributed by atoms with Crippen LogP contribution in [0.25, 0.3) is 22.3 Å². The summed E-state index contributed by atoms with van der Waals surface area (Å²) in [6.45, 7) is 17.5. The van der Waals surface area contributed by atoms with Gasteiger partial charge in [0.2, 0.25) is 11.8 Å². The molecule has 0 radical (unpaired) electrons. The normalized spacial score (nSPS) is 16.2. The zero-order valence-corrected chi connectivity index (χ0v) is 51.0. The molecule has 5 atom stereocenters. The molecule has 0 saturated heterocycles. The predicted molar refractivity (Wildman–Crippen MR) is 321 cm³/mol. The number of nitrogens with one attached hydrogen (secondary N) is 3. The molecule has 0 unspecified atom stereocenters. The number of unbranched alkanes of at least 4 members (excludes halogenated alkanes) is 1. The molecule has 0 aromatic heterocycles. The number of Topliss-reactive ketones (excluding diaryl/α,β-unsaturated/α-hetero) is 3. The summed E-state index contributed by atoms with van der Waals surface area (Å²) in [5.74, 6) is -5.92. The molecule has 0 aliphatic carbocycles. The molecule has 0 spiro atoms. The average molecular weight is 1160 g/mol. The minimum atomic E-state index is -1.35.